The lowest BCUT2D eigenvalue weighted by Crippen LogP contribution is -2.40. The van der Waals surface area contributed by atoms with Gasteiger partial charge < -0.3 is 5.11 Å². The van der Waals surface area contributed by atoms with Crippen LogP contribution in [0.2, 0.25) is 0 Å². The van der Waals surface area contributed by atoms with Gasteiger partial charge in [0.1, 0.15) is 0 Å². The first-order valence-electron chi connectivity index (χ1n) is 4.31. The molecule has 0 aliphatic carbocycles. The Morgan fingerprint density at radius 2 is 1.82 bits per heavy atom. The molecule has 64 valence electrons. The van der Waals surface area contributed by atoms with Crippen molar-refractivity contribution >= 4 is 11.9 Å². The second kappa shape index (κ2) is 2.96. The average Bonchev–Trinajstić information content (AvgIpc) is 2.23. The molecule has 2 nitrogen and oxygen atoms in total. The molecular formula is C8H15NOS. The van der Waals surface area contributed by atoms with Crippen LogP contribution in [0, 0.1) is 0 Å². The molecule has 0 aromatic heterocycles. The highest BCUT2D eigenvalue weighted by Crippen LogP contribution is 2.39. The van der Waals surface area contributed by atoms with Gasteiger partial charge in [-0.15, -0.1) is 0 Å². The van der Waals surface area contributed by atoms with Crippen LogP contribution >= 0.6 is 11.9 Å². The van der Waals surface area contributed by atoms with Gasteiger partial charge in [0.25, 0.3) is 0 Å². The smallest absolute Gasteiger partial charge is 0.0570 e. The van der Waals surface area contributed by atoms with Gasteiger partial charge in [0.05, 0.1) is 6.10 Å². The summed E-state index contributed by atoms with van der Waals surface area (Å²) in [6, 6.07) is 1.33. The number of hydrogen-bond donors (Lipinski definition) is 1. The van der Waals surface area contributed by atoms with Gasteiger partial charge in [-0.25, -0.2) is 4.31 Å². The fourth-order valence-electron chi connectivity index (χ4n) is 2.40. The van der Waals surface area contributed by atoms with Crippen LogP contribution in [-0.4, -0.2) is 33.9 Å². The summed E-state index contributed by atoms with van der Waals surface area (Å²) in [5.74, 6) is 0. The molecule has 2 atom stereocenters. The molecule has 0 radical (unpaired) electrons. The van der Waals surface area contributed by atoms with Crippen LogP contribution in [0.1, 0.15) is 25.7 Å². The van der Waals surface area contributed by atoms with Crippen LogP contribution in [0.5, 0.6) is 0 Å². The Kier molecular flexibility index (Phi) is 2.12. The third-order valence-electron chi connectivity index (χ3n) is 2.85. The molecule has 1 N–H and O–H groups in total. The topological polar surface area (TPSA) is 23.5 Å². The second-order valence-corrected chi connectivity index (χ2v) is 4.34. The summed E-state index contributed by atoms with van der Waals surface area (Å²) in [7, 11) is 0. The Morgan fingerprint density at radius 3 is 2.27 bits per heavy atom. The van der Waals surface area contributed by atoms with Gasteiger partial charge in [-0.1, -0.05) is 11.9 Å². The lowest BCUT2D eigenvalue weighted by Gasteiger charge is -2.34. The zero-order valence-corrected chi connectivity index (χ0v) is 7.68. The fraction of sp³-hybridized carbons (Fsp3) is 1.00. The van der Waals surface area contributed by atoms with Gasteiger partial charge in [0.2, 0.25) is 0 Å². The highest BCUT2D eigenvalue weighted by molar-refractivity contribution is 7.96. The van der Waals surface area contributed by atoms with Crippen LogP contribution < -0.4 is 0 Å². The van der Waals surface area contributed by atoms with E-state index in [4.69, 9.17) is 0 Å². The van der Waals surface area contributed by atoms with E-state index in [-0.39, 0.29) is 6.10 Å². The van der Waals surface area contributed by atoms with Crippen molar-refractivity contribution in [3.63, 3.8) is 0 Å². The molecule has 11 heavy (non-hydrogen) atoms. The molecule has 0 saturated carbocycles. The third-order valence-corrected chi connectivity index (χ3v) is 3.87. The summed E-state index contributed by atoms with van der Waals surface area (Å²) in [5, 5.41) is 9.47. The van der Waals surface area contributed by atoms with E-state index in [0.29, 0.717) is 12.1 Å². The van der Waals surface area contributed by atoms with Crippen molar-refractivity contribution in [1.29, 1.82) is 0 Å². The van der Waals surface area contributed by atoms with E-state index < -0.39 is 0 Å². The first kappa shape index (κ1) is 7.90. The van der Waals surface area contributed by atoms with Crippen LogP contribution in [0.3, 0.4) is 0 Å². The first-order chi connectivity index (χ1) is 5.31. The quantitative estimate of drug-likeness (QED) is 0.604. The maximum Gasteiger partial charge on any atom is 0.0570 e. The highest BCUT2D eigenvalue weighted by Gasteiger charge is 2.39. The van der Waals surface area contributed by atoms with Gasteiger partial charge in [0, 0.05) is 12.1 Å². The molecule has 2 heterocycles. The molecule has 2 bridgehead atoms. The van der Waals surface area contributed by atoms with E-state index in [9.17, 15) is 5.11 Å². The molecule has 2 fully saturated rings. The van der Waals surface area contributed by atoms with Crippen molar-refractivity contribution in [1.82, 2.24) is 4.31 Å². The minimum atomic E-state index is -0.0177. The summed E-state index contributed by atoms with van der Waals surface area (Å²) in [6.45, 7) is 0. The SMILES string of the molecule is CSN1C2CCC1CC(O)C2. The predicted molar refractivity (Wildman–Crippen MR) is 47.4 cm³/mol. The summed E-state index contributed by atoms with van der Waals surface area (Å²) in [6.07, 6.45) is 6.71. The minimum absolute atomic E-state index is 0.0177. The molecule has 0 aromatic rings. The van der Waals surface area contributed by atoms with Crippen molar-refractivity contribution in [2.45, 2.75) is 43.9 Å². The molecule has 3 heteroatoms. The number of hydrogen-bond acceptors (Lipinski definition) is 3. The number of aliphatic hydroxyl groups is 1. The average molecular weight is 173 g/mol. The Morgan fingerprint density at radius 1 is 1.27 bits per heavy atom. The maximum absolute atomic E-state index is 9.47. The van der Waals surface area contributed by atoms with Gasteiger partial charge in [-0.3, -0.25) is 0 Å². The van der Waals surface area contributed by atoms with Crippen molar-refractivity contribution in [2.24, 2.45) is 0 Å². The minimum Gasteiger partial charge on any atom is -0.393 e. The zero-order valence-electron chi connectivity index (χ0n) is 6.86. The Hall–Kier alpha value is 0.270. The molecular weight excluding hydrogens is 158 g/mol. The van der Waals surface area contributed by atoms with E-state index in [1.807, 2.05) is 11.9 Å². The van der Waals surface area contributed by atoms with Gasteiger partial charge in [-0.2, -0.15) is 0 Å². The fourth-order valence-corrected chi connectivity index (χ4v) is 3.38. The molecule has 2 aliphatic heterocycles. The van der Waals surface area contributed by atoms with Crippen molar-refractivity contribution in [2.75, 3.05) is 6.26 Å². The largest absolute Gasteiger partial charge is 0.393 e. The lowest BCUT2D eigenvalue weighted by molar-refractivity contribution is 0.0816. The number of fused-ring (bicyclic) bond motifs is 2. The van der Waals surface area contributed by atoms with E-state index in [2.05, 4.69) is 10.6 Å². The lowest BCUT2D eigenvalue weighted by atomic mass is 10.0. The van der Waals surface area contributed by atoms with Gasteiger partial charge in [-0.05, 0) is 31.9 Å². The van der Waals surface area contributed by atoms with Gasteiger partial charge >= 0.3 is 0 Å². The summed E-state index contributed by atoms with van der Waals surface area (Å²) < 4.78 is 2.48. The molecule has 0 spiro atoms. The van der Waals surface area contributed by atoms with E-state index in [1.165, 1.54) is 12.8 Å². The van der Waals surface area contributed by atoms with Crippen molar-refractivity contribution in [3.8, 4) is 0 Å². The summed E-state index contributed by atoms with van der Waals surface area (Å²) >= 11 is 1.85. The summed E-state index contributed by atoms with van der Waals surface area (Å²) in [4.78, 5) is 0. The molecule has 2 saturated heterocycles. The Labute approximate surface area is 72.1 Å². The van der Waals surface area contributed by atoms with Crippen LogP contribution in [-0.2, 0) is 0 Å². The van der Waals surface area contributed by atoms with E-state index in [1.54, 1.807) is 0 Å². The van der Waals surface area contributed by atoms with Crippen LogP contribution in [0.4, 0.5) is 0 Å². The van der Waals surface area contributed by atoms with Gasteiger partial charge in [0.15, 0.2) is 0 Å². The standard InChI is InChI=1S/C8H15NOS/c1-11-9-6-2-3-7(9)5-8(10)4-6/h6-8,10H,2-5H2,1H3. The molecule has 0 amide bonds. The van der Waals surface area contributed by atoms with Crippen molar-refractivity contribution in [3.05, 3.63) is 0 Å². The molecule has 2 unspecified atom stereocenters. The first-order valence-corrected chi connectivity index (χ1v) is 5.50. The van der Waals surface area contributed by atoms with E-state index >= 15 is 0 Å². The summed E-state index contributed by atoms with van der Waals surface area (Å²) in [5.41, 5.74) is 0. The monoisotopic (exact) mass is 173 g/mol. The molecule has 2 rings (SSSR count). The number of rotatable bonds is 1. The Bertz CT molecular complexity index is 139. The number of piperidine rings is 1. The number of aliphatic hydroxyl groups excluding tert-OH is 1. The zero-order chi connectivity index (χ0) is 7.84. The van der Waals surface area contributed by atoms with Crippen LogP contribution in [0.25, 0.3) is 0 Å². The maximum atomic E-state index is 9.47. The highest BCUT2D eigenvalue weighted by atomic mass is 32.2. The van der Waals surface area contributed by atoms with Crippen LogP contribution in [0.15, 0.2) is 0 Å². The molecule has 0 aromatic carbocycles. The molecule has 2 aliphatic rings. The third kappa shape index (κ3) is 1.30. The Balaban J connectivity index is 2.06. The predicted octanol–water partition coefficient (Wildman–Crippen LogP) is 1.25. The van der Waals surface area contributed by atoms with E-state index in [0.717, 1.165) is 12.8 Å². The van der Waals surface area contributed by atoms with Crippen molar-refractivity contribution < 1.29 is 5.11 Å². The normalized spacial score (nSPS) is 44.7. The number of nitrogens with zero attached hydrogens (tertiary/aromatic N) is 1. The second-order valence-electron chi connectivity index (χ2n) is 3.55.